The number of hydrogen-bond acceptors (Lipinski definition) is 2. The second kappa shape index (κ2) is 7.80. The minimum Gasteiger partial charge on any atom is -0.388 e. The molecule has 2 nitrogen and oxygen atoms in total. The summed E-state index contributed by atoms with van der Waals surface area (Å²) in [5.41, 5.74) is 12.3. The van der Waals surface area contributed by atoms with Crippen LogP contribution in [0.3, 0.4) is 0 Å². The fourth-order valence-electron chi connectivity index (χ4n) is 4.90. The van der Waals surface area contributed by atoms with E-state index in [1.807, 2.05) is 14.1 Å². The molecule has 1 N–H and O–H groups in total. The molecule has 158 valence electrons. The molecule has 0 unspecified atom stereocenters. The zero-order valence-corrected chi connectivity index (χ0v) is 19.1. The molecule has 32 heavy (non-hydrogen) atoms. The number of rotatable bonds is 3. The van der Waals surface area contributed by atoms with Crippen molar-refractivity contribution in [3.63, 3.8) is 0 Å². The third-order valence-corrected chi connectivity index (χ3v) is 6.74. The third kappa shape index (κ3) is 3.23. The molecule has 0 amide bonds. The summed E-state index contributed by atoms with van der Waals surface area (Å²) in [7, 11) is 3.84. The molecule has 2 heteroatoms. The van der Waals surface area contributed by atoms with Crippen molar-refractivity contribution < 1.29 is 0 Å². The summed E-state index contributed by atoms with van der Waals surface area (Å²) in [6.45, 7) is 4.64. The normalized spacial score (nSPS) is 17.6. The molecule has 0 atom stereocenters. The minimum absolute atomic E-state index is 0.119. The van der Waals surface area contributed by atoms with Crippen molar-refractivity contribution >= 4 is 17.0 Å². The van der Waals surface area contributed by atoms with Gasteiger partial charge in [-0.3, -0.25) is 4.99 Å². The van der Waals surface area contributed by atoms with E-state index >= 15 is 0 Å². The standard InChI is InChI=1S/C30H28N2/c1-30(2)27-18-23(31-3)14-16-25(27)29(26-17-15-24(32-4)19-28(26)30)22-12-10-21(11-13-22)20-8-6-5-7-9-20/h5-19,31H,1-4H3. The van der Waals surface area contributed by atoms with E-state index < -0.39 is 0 Å². The molecule has 0 radical (unpaired) electrons. The van der Waals surface area contributed by atoms with Crippen molar-refractivity contribution in [3.8, 4) is 11.1 Å². The Balaban J connectivity index is 1.73. The predicted octanol–water partition coefficient (Wildman–Crippen LogP) is 7.06. The molecule has 0 aromatic heterocycles. The van der Waals surface area contributed by atoms with Crippen LogP contribution >= 0.6 is 0 Å². The maximum absolute atomic E-state index is 4.46. The van der Waals surface area contributed by atoms with Gasteiger partial charge in [-0.1, -0.05) is 80.6 Å². The molecule has 0 saturated carbocycles. The van der Waals surface area contributed by atoms with Gasteiger partial charge in [0.05, 0.1) is 5.71 Å². The van der Waals surface area contributed by atoms with E-state index in [4.69, 9.17) is 0 Å². The van der Waals surface area contributed by atoms with Gasteiger partial charge in [-0.05, 0) is 68.8 Å². The van der Waals surface area contributed by atoms with Crippen molar-refractivity contribution in [2.24, 2.45) is 4.99 Å². The van der Waals surface area contributed by atoms with Crippen LogP contribution in [0.15, 0.2) is 107 Å². The summed E-state index contributed by atoms with van der Waals surface area (Å²) in [5, 5.41) is 3.31. The van der Waals surface area contributed by atoms with Crippen molar-refractivity contribution in [2.45, 2.75) is 19.3 Å². The van der Waals surface area contributed by atoms with E-state index in [1.165, 1.54) is 44.5 Å². The molecule has 3 aromatic rings. The molecular formula is C30H28N2. The highest BCUT2D eigenvalue weighted by Gasteiger charge is 2.37. The summed E-state index contributed by atoms with van der Waals surface area (Å²) in [6, 6.07) is 26.3. The first-order valence-electron chi connectivity index (χ1n) is 11.1. The molecule has 0 heterocycles. The van der Waals surface area contributed by atoms with E-state index in [0.717, 1.165) is 11.4 Å². The van der Waals surface area contributed by atoms with Crippen LogP contribution in [-0.4, -0.2) is 19.8 Å². The van der Waals surface area contributed by atoms with Crippen molar-refractivity contribution in [1.29, 1.82) is 0 Å². The number of nitrogens with one attached hydrogen (secondary N) is 1. The van der Waals surface area contributed by atoms with Crippen molar-refractivity contribution in [1.82, 2.24) is 0 Å². The van der Waals surface area contributed by atoms with Crippen LogP contribution in [0.5, 0.6) is 0 Å². The molecule has 2 aliphatic rings. The Hall–Kier alpha value is -3.65. The largest absolute Gasteiger partial charge is 0.388 e. The number of hydrogen-bond donors (Lipinski definition) is 1. The Kier molecular flexibility index (Phi) is 4.94. The van der Waals surface area contributed by atoms with Gasteiger partial charge in [-0.2, -0.15) is 0 Å². The Morgan fingerprint density at radius 1 is 0.781 bits per heavy atom. The average molecular weight is 417 g/mol. The van der Waals surface area contributed by atoms with Crippen LogP contribution in [0.2, 0.25) is 0 Å². The summed E-state index contributed by atoms with van der Waals surface area (Å²) in [6.07, 6.45) is 6.62. The highest BCUT2D eigenvalue weighted by atomic mass is 14.8. The topological polar surface area (TPSA) is 24.4 Å². The minimum atomic E-state index is -0.119. The van der Waals surface area contributed by atoms with Gasteiger partial charge in [-0.25, -0.2) is 0 Å². The van der Waals surface area contributed by atoms with Gasteiger partial charge in [0, 0.05) is 25.2 Å². The number of allylic oxidation sites excluding steroid dienone is 5. The Morgan fingerprint density at radius 2 is 1.47 bits per heavy atom. The molecule has 2 aliphatic carbocycles. The first-order valence-corrected chi connectivity index (χ1v) is 11.1. The van der Waals surface area contributed by atoms with E-state index in [9.17, 15) is 0 Å². The van der Waals surface area contributed by atoms with Gasteiger partial charge >= 0.3 is 0 Å². The molecule has 0 saturated heterocycles. The summed E-state index contributed by atoms with van der Waals surface area (Å²) in [5.74, 6) is 0. The third-order valence-electron chi connectivity index (χ3n) is 6.74. The fourth-order valence-corrected chi connectivity index (χ4v) is 4.90. The fraction of sp³-hybridized carbons (Fsp3) is 0.167. The maximum Gasteiger partial charge on any atom is 0.0574 e. The smallest absolute Gasteiger partial charge is 0.0574 e. The highest BCUT2D eigenvalue weighted by Crippen LogP contribution is 2.50. The van der Waals surface area contributed by atoms with E-state index in [0.29, 0.717) is 0 Å². The number of benzene rings is 3. The van der Waals surface area contributed by atoms with Gasteiger partial charge in [0.1, 0.15) is 0 Å². The van der Waals surface area contributed by atoms with Crippen LogP contribution in [-0.2, 0) is 5.41 Å². The van der Waals surface area contributed by atoms with Gasteiger partial charge < -0.3 is 5.32 Å². The second-order valence-corrected chi connectivity index (χ2v) is 8.91. The van der Waals surface area contributed by atoms with Gasteiger partial charge in [-0.15, -0.1) is 0 Å². The number of nitrogens with zero attached hydrogens (tertiary/aromatic N) is 1. The first-order chi connectivity index (χ1) is 15.5. The first kappa shape index (κ1) is 20.3. The summed E-state index contributed by atoms with van der Waals surface area (Å²) in [4.78, 5) is 4.46. The molecule has 3 aromatic carbocycles. The number of anilines is 1. The Morgan fingerprint density at radius 3 is 2.16 bits per heavy atom. The van der Waals surface area contributed by atoms with E-state index in [1.54, 1.807) is 0 Å². The molecule has 0 spiro atoms. The Bertz CT molecular complexity index is 1300. The molecule has 5 rings (SSSR count). The van der Waals surface area contributed by atoms with Crippen LogP contribution in [0.25, 0.3) is 16.7 Å². The summed E-state index contributed by atoms with van der Waals surface area (Å²) < 4.78 is 0. The van der Waals surface area contributed by atoms with Crippen LogP contribution in [0, 0.1) is 0 Å². The van der Waals surface area contributed by atoms with Gasteiger partial charge in [0.2, 0.25) is 0 Å². The predicted molar refractivity (Wildman–Crippen MR) is 137 cm³/mol. The van der Waals surface area contributed by atoms with E-state index in [-0.39, 0.29) is 5.41 Å². The number of fused-ring (bicyclic) bond motifs is 2. The zero-order valence-electron chi connectivity index (χ0n) is 19.1. The second-order valence-electron chi connectivity index (χ2n) is 8.91. The average Bonchev–Trinajstić information content (AvgIpc) is 2.85. The summed E-state index contributed by atoms with van der Waals surface area (Å²) >= 11 is 0. The lowest BCUT2D eigenvalue weighted by Crippen LogP contribution is -2.29. The van der Waals surface area contributed by atoms with Crippen LogP contribution in [0.4, 0.5) is 5.69 Å². The SMILES string of the molecule is CN=C1C=CC2=C(c3ccc(-c4ccccc4)cc3)c3ccc(NC)cc3C(C)(C)C2=C1. The maximum atomic E-state index is 4.46. The molecule has 0 aliphatic heterocycles. The van der Waals surface area contributed by atoms with Crippen molar-refractivity contribution in [3.05, 3.63) is 119 Å². The van der Waals surface area contributed by atoms with Gasteiger partial charge in [0.25, 0.3) is 0 Å². The monoisotopic (exact) mass is 416 g/mol. The zero-order chi connectivity index (χ0) is 22.3. The quantitative estimate of drug-likeness (QED) is 0.486. The molecule has 0 fully saturated rings. The lowest BCUT2D eigenvalue weighted by atomic mass is 9.64. The van der Waals surface area contributed by atoms with Gasteiger partial charge in [0.15, 0.2) is 0 Å². The lowest BCUT2D eigenvalue weighted by Gasteiger charge is -2.39. The molecule has 0 bridgehead atoms. The number of aliphatic imine (C=N–C) groups is 1. The van der Waals surface area contributed by atoms with Crippen molar-refractivity contribution in [2.75, 3.05) is 19.4 Å². The molecular weight excluding hydrogens is 388 g/mol. The Labute approximate surface area is 190 Å². The lowest BCUT2D eigenvalue weighted by molar-refractivity contribution is 0.626. The van der Waals surface area contributed by atoms with E-state index in [2.05, 4.69) is 115 Å². The van der Waals surface area contributed by atoms with Crippen LogP contribution in [0.1, 0.15) is 30.5 Å². The highest BCUT2D eigenvalue weighted by molar-refractivity contribution is 6.09. The van der Waals surface area contributed by atoms with Crippen LogP contribution < -0.4 is 5.32 Å².